The van der Waals surface area contributed by atoms with Crippen LogP contribution in [0.15, 0.2) is 28.8 Å². The average Bonchev–Trinajstić information content (AvgIpc) is 3.17. The Labute approximate surface area is 132 Å². The molecule has 1 aromatic heterocycles. The number of carbonyl (C=O) groups excluding carboxylic acids is 1. The van der Waals surface area contributed by atoms with E-state index in [-0.39, 0.29) is 23.4 Å². The Balaban J connectivity index is 1.58. The summed E-state index contributed by atoms with van der Waals surface area (Å²) in [6, 6.07) is 6.22. The number of para-hydroxylation sites is 1. The second-order valence-corrected chi connectivity index (χ2v) is 5.29. The van der Waals surface area contributed by atoms with Crippen molar-refractivity contribution < 1.29 is 18.4 Å². The molecule has 0 aliphatic carbocycles. The molecule has 0 radical (unpaired) electrons. The summed E-state index contributed by atoms with van der Waals surface area (Å²) < 4.78 is 24.1. The molecule has 1 fully saturated rings. The Morgan fingerprint density at radius 3 is 3.04 bits per heavy atom. The number of hydrogen-bond donors (Lipinski definition) is 1. The molecule has 1 amide bonds. The molecule has 7 nitrogen and oxygen atoms in total. The van der Waals surface area contributed by atoms with Gasteiger partial charge in [0.05, 0.1) is 6.04 Å². The summed E-state index contributed by atoms with van der Waals surface area (Å²) in [6.07, 6.45) is 1.82. The largest absolute Gasteiger partial charge is 0.489 e. The van der Waals surface area contributed by atoms with E-state index in [0.717, 1.165) is 19.4 Å². The van der Waals surface area contributed by atoms with E-state index in [2.05, 4.69) is 15.0 Å². The van der Waals surface area contributed by atoms with Gasteiger partial charge < -0.3 is 15.0 Å². The fourth-order valence-electron chi connectivity index (χ4n) is 2.68. The van der Waals surface area contributed by atoms with Crippen LogP contribution < -0.4 is 10.5 Å². The van der Waals surface area contributed by atoms with Gasteiger partial charge in [0.1, 0.15) is 6.61 Å². The lowest BCUT2D eigenvalue weighted by molar-refractivity contribution is 0.0987. The van der Waals surface area contributed by atoms with Crippen molar-refractivity contribution in [2.24, 2.45) is 5.73 Å². The van der Waals surface area contributed by atoms with Crippen LogP contribution in [0.3, 0.4) is 0 Å². The number of benzene rings is 1. The minimum absolute atomic E-state index is 0.0696. The van der Waals surface area contributed by atoms with Crippen LogP contribution in [0.2, 0.25) is 0 Å². The van der Waals surface area contributed by atoms with Crippen molar-refractivity contribution in [3.63, 3.8) is 0 Å². The van der Waals surface area contributed by atoms with E-state index in [1.54, 1.807) is 18.2 Å². The second-order valence-electron chi connectivity index (χ2n) is 5.29. The standard InChI is InChI=1S/C15H17FN4O3/c16-10-4-1-2-6-12(10)22-9-8-20-7-3-5-11(20)15-18-14(13(17)21)19-23-15/h1-2,4,6,11H,3,5,7-9H2,(H2,17,21)/t11-/m1/s1. The maximum absolute atomic E-state index is 13.5. The van der Waals surface area contributed by atoms with Gasteiger partial charge in [-0.25, -0.2) is 4.39 Å². The molecule has 2 N–H and O–H groups in total. The molecule has 0 spiro atoms. The highest BCUT2D eigenvalue weighted by Crippen LogP contribution is 2.30. The van der Waals surface area contributed by atoms with Crippen LogP contribution >= 0.6 is 0 Å². The van der Waals surface area contributed by atoms with Crippen molar-refractivity contribution >= 4 is 5.91 Å². The van der Waals surface area contributed by atoms with Crippen molar-refractivity contribution in [3.8, 4) is 5.75 Å². The van der Waals surface area contributed by atoms with Crippen molar-refractivity contribution in [1.82, 2.24) is 15.0 Å². The Morgan fingerprint density at radius 2 is 2.30 bits per heavy atom. The van der Waals surface area contributed by atoms with Gasteiger partial charge in [-0.3, -0.25) is 9.69 Å². The smallest absolute Gasteiger partial charge is 0.290 e. The Kier molecular flexibility index (Phi) is 4.52. The van der Waals surface area contributed by atoms with E-state index in [1.165, 1.54) is 6.07 Å². The van der Waals surface area contributed by atoms with Gasteiger partial charge in [-0.2, -0.15) is 4.98 Å². The first kappa shape index (κ1) is 15.4. The van der Waals surface area contributed by atoms with Crippen LogP contribution in [0, 0.1) is 5.82 Å². The predicted octanol–water partition coefficient (Wildman–Crippen LogP) is 1.52. The number of aromatic nitrogens is 2. The number of rotatable bonds is 6. The zero-order valence-corrected chi connectivity index (χ0v) is 12.4. The molecule has 1 aliphatic rings. The fourth-order valence-corrected chi connectivity index (χ4v) is 2.68. The van der Waals surface area contributed by atoms with Crippen LogP contribution in [-0.2, 0) is 0 Å². The highest BCUT2D eigenvalue weighted by atomic mass is 19.1. The minimum Gasteiger partial charge on any atom is -0.489 e. The third-order valence-electron chi connectivity index (χ3n) is 3.78. The Bertz CT molecular complexity index is 691. The molecule has 122 valence electrons. The third-order valence-corrected chi connectivity index (χ3v) is 3.78. The second kappa shape index (κ2) is 6.74. The number of carbonyl (C=O) groups is 1. The van der Waals surface area contributed by atoms with E-state index in [1.807, 2.05) is 0 Å². The summed E-state index contributed by atoms with van der Waals surface area (Å²) in [5.41, 5.74) is 5.13. The van der Waals surface area contributed by atoms with Gasteiger partial charge in [0.15, 0.2) is 11.6 Å². The maximum atomic E-state index is 13.5. The van der Waals surface area contributed by atoms with Gasteiger partial charge >= 0.3 is 0 Å². The monoisotopic (exact) mass is 320 g/mol. The van der Waals surface area contributed by atoms with Crippen LogP contribution in [0.4, 0.5) is 4.39 Å². The molecule has 8 heteroatoms. The molecular formula is C15H17FN4O3. The molecule has 1 saturated heterocycles. The average molecular weight is 320 g/mol. The summed E-state index contributed by atoms with van der Waals surface area (Å²) in [5, 5.41) is 3.57. The summed E-state index contributed by atoms with van der Waals surface area (Å²) >= 11 is 0. The quantitative estimate of drug-likeness (QED) is 0.867. The minimum atomic E-state index is -0.715. The molecule has 3 rings (SSSR count). The van der Waals surface area contributed by atoms with E-state index in [9.17, 15) is 9.18 Å². The van der Waals surface area contributed by atoms with Gasteiger partial charge in [0.25, 0.3) is 11.7 Å². The van der Waals surface area contributed by atoms with E-state index in [0.29, 0.717) is 19.0 Å². The molecule has 2 heterocycles. The number of amides is 1. The Morgan fingerprint density at radius 1 is 1.48 bits per heavy atom. The number of hydrogen-bond acceptors (Lipinski definition) is 6. The van der Waals surface area contributed by atoms with Crippen LogP contribution in [0.1, 0.15) is 35.4 Å². The molecular weight excluding hydrogens is 303 g/mol. The highest BCUT2D eigenvalue weighted by molar-refractivity contribution is 5.88. The number of nitrogens with two attached hydrogens (primary N) is 1. The van der Waals surface area contributed by atoms with Gasteiger partial charge in [-0.1, -0.05) is 17.3 Å². The molecule has 23 heavy (non-hydrogen) atoms. The number of likely N-dealkylation sites (tertiary alicyclic amines) is 1. The van der Waals surface area contributed by atoms with Gasteiger partial charge in [0.2, 0.25) is 5.89 Å². The lowest BCUT2D eigenvalue weighted by atomic mass is 10.2. The first-order chi connectivity index (χ1) is 11.1. The van der Waals surface area contributed by atoms with Crippen molar-refractivity contribution in [2.45, 2.75) is 18.9 Å². The SMILES string of the molecule is NC(=O)c1noc([C@H]2CCCN2CCOc2ccccc2F)n1. The maximum Gasteiger partial charge on any atom is 0.290 e. The van der Waals surface area contributed by atoms with Crippen LogP contribution in [0.5, 0.6) is 5.75 Å². The fraction of sp³-hybridized carbons (Fsp3) is 0.400. The lowest BCUT2D eigenvalue weighted by Crippen LogP contribution is -2.28. The summed E-state index contributed by atoms with van der Waals surface area (Å²) in [4.78, 5) is 17.2. The van der Waals surface area contributed by atoms with E-state index in [4.69, 9.17) is 15.0 Å². The Hall–Kier alpha value is -2.48. The first-order valence-electron chi connectivity index (χ1n) is 7.40. The van der Waals surface area contributed by atoms with Crippen molar-refractivity contribution in [2.75, 3.05) is 19.7 Å². The van der Waals surface area contributed by atoms with Gasteiger partial charge in [0, 0.05) is 6.54 Å². The zero-order chi connectivity index (χ0) is 16.2. The molecule has 2 aromatic rings. The molecule has 1 atom stereocenters. The summed E-state index contributed by atoms with van der Waals surface area (Å²) in [5.74, 6) is -0.602. The first-order valence-corrected chi connectivity index (χ1v) is 7.40. The zero-order valence-electron chi connectivity index (χ0n) is 12.4. The van der Waals surface area contributed by atoms with Crippen molar-refractivity contribution in [1.29, 1.82) is 0 Å². The number of ether oxygens (including phenoxy) is 1. The molecule has 0 unspecified atom stereocenters. The van der Waals surface area contributed by atoms with Crippen LogP contribution in [-0.4, -0.2) is 40.6 Å². The van der Waals surface area contributed by atoms with Crippen molar-refractivity contribution in [3.05, 3.63) is 41.8 Å². The molecule has 1 aliphatic heterocycles. The topological polar surface area (TPSA) is 94.5 Å². The predicted molar refractivity (Wildman–Crippen MR) is 78.3 cm³/mol. The molecule has 1 aromatic carbocycles. The highest BCUT2D eigenvalue weighted by Gasteiger charge is 2.31. The van der Waals surface area contributed by atoms with E-state index >= 15 is 0 Å². The number of halogens is 1. The summed E-state index contributed by atoms with van der Waals surface area (Å²) in [6.45, 7) is 1.78. The number of nitrogens with zero attached hydrogens (tertiary/aromatic N) is 3. The van der Waals surface area contributed by atoms with E-state index < -0.39 is 5.91 Å². The van der Waals surface area contributed by atoms with Crippen LogP contribution in [0.25, 0.3) is 0 Å². The third kappa shape index (κ3) is 3.48. The van der Waals surface area contributed by atoms with Gasteiger partial charge in [-0.05, 0) is 31.5 Å². The number of primary amides is 1. The molecule has 0 bridgehead atoms. The molecule has 0 saturated carbocycles. The lowest BCUT2D eigenvalue weighted by Gasteiger charge is -2.21. The van der Waals surface area contributed by atoms with Gasteiger partial charge in [-0.15, -0.1) is 0 Å². The summed E-state index contributed by atoms with van der Waals surface area (Å²) in [7, 11) is 0. The normalized spacial score (nSPS) is 18.2.